The van der Waals surface area contributed by atoms with Crippen LogP contribution in [0.5, 0.6) is 0 Å². The summed E-state index contributed by atoms with van der Waals surface area (Å²) < 4.78 is 0. The second-order valence-electron chi connectivity index (χ2n) is 4.73. The Bertz CT molecular complexity index is 347. The number of nitrogens with two attached hydrogens (primary N) is 1. The van der Waals surface area contributed by atoms with E-state index >= 15 is 0 Å². The summed E-state index contributed by atoms with van der Waals surface area (Å²) in [5.74, 6) is 2.29. The fourth-order valence-electron chi connectivity index (χ4n) is 2.58. The van der Waals surface area contributed by atoms with E-state index in [-0.39, 0.29) is 0 Å². The van der Waals surface area contributed by atoms with E-state index in [2.05, 4.69) is 28.7 Å². The van der Waals surface area contributed by atoms with Gasteiger partial charge in [0.2, 0.25) is 0 Å². The summed E-state index contributed by atoms with van der Waals surface area (Å²) in [6, 6.07) is 2.96. The maximum Gasteiger partial charge on any atom is 0.134 e. The van der Waals surface area contributed by atoms with Gasteiger partial charge in [-0.2, -0.15) is 0 Å². The number of nitrogens with zero attached hydrogens (tertiary/aromatic N) is 3. The first kappa shape index (κ1) is 11.2. The molecule has 0 radical (unpaired) electrons. The van der Waals surface area contributed by atoms with Crippen molar-refractivity contribution in [3.05, 3.63) is 11.9 Å². The van der Waals surface area contributed by atoms with Crippen LogP contribution in [-0.4, -0.2) is 22.1 Å². The van der Waals surface area contributed by atoms with Gasteiger partial charge in [0.05, 0.1) is 0 Å². The highest BCUT2D eigenvalue weighted by atomic mass is 15.2. The number of hydrogen-bond acceptors (Lipinski definition) is 4. The van der Waals surface area contributed by atoms with E-state index in [1.807, 2.05) is 13.0 Å². The summed E-state index contributed by atoms with van der Waals surface area (Å²) in [7, 11) is 0. The Morgan fingerprint density at radius 2 is 1.88 bits per heavy atom. The fourth-order valence-corrected chi connectivity index (χ4v) is 2.58. The van der Waals surface area contributed by atoms with E-state index in [9.17, 15) is 0 Å². The summed E-state index contributed by atoms with van der Waals surface area (Å²) in [6.07, 6.45) is 3.76. The van der Waals surface area contributed by atoms with E-state index in [1.165, 1.54) is 19.3 Å². The zero-order chi connectivity index (χ0) is 11.7. The van der Waals surface area contributed by atoms with Crippen LogP contribution in [0, 0.1) is 6.92 Å². The molecule has 1 saturated heterocycles. The number of aryl methyl sites for hydroxylation is 1. The molecule has 1 aromatic rings. The van der Waals surface area contributed by atoms with Crippen LogP contribution in [0.25, 0.3) is 0 Å². The molecule has 16 heavy (non-hydrogen) atoms. The van der Waals surface area contributed by atoms with Crippen LogP contribution in [0.3, 0.4) is 0 Å². The van der Waals surface area contributed by atoms with Crippen molar-refractivity contribution in [1.29, 1.82) is 0 Å². The van der Waals surface area contributed by atoms with Gasteiger partial charge in [-0.25, -0.2) is 9.97 Å². The SMILES string of the molecule is Cc1nc(N)cc(N2C(C)CCCC2C)n1. The number of nitrogen functional groups attached to an aromatic ring is 1. The fraction of sp³-hybridized carbons (Fsp3) is 0.667. The molecule has 2 atom stereocenters. The number of piperidine rings is 1. The average Bonchev–Trinajstić information content (AvgIpc) is 2.15. The van der Waals surface area contributed by atoms with Gasteiger partial charge in [0.1, 0.15) is 17.5 Å². The summed E-state index contributed by atoms with van der Waals surface area (Å²) in [5.41, 5.74) is 5.78. The molecule has 1 aromatic heterocycles. The standard InChI is InChI=1S/C12H20N4/c1-8-5-4-6-9(2)16(8)12-7-11(13)14-10(3)15-12/h7-9H,4-6H2,1-3H3,(H2,13,14,15). The maximum absolute atomic E-state index is 5.78. The van der Waals surface area contributed by atoms with Gasteiger partial charge in [-0.3, -0.25) is 0 Å². The highest BCUT2D eigenvalue weighted by molar-refractivity contribution is 5.48. The van der Waals surface area contributed by atoms with Crippen LogP contribution in [0.1, 0.15) is 38.9 Å². The average molecular weight is 220 g/mol. The van der Waals surface area contributed by atoms with E-state index in [0.717, 1.165) is 11.6 Å². The Morgan fingerprint density at radius 3 is 2.44 bits per heavy atom. The van der Waals surface area contributed by atoms with E-state index in [0.29, 0.717) is 17.9 Å². The van der Waals surface area contributed by atoms with Gasteiger partial charge in [0.25, 0.3) is 0 Å². The van der Waals surface area contributed by atoms with Crippen molar-refractivity contribution >= 4 is 11.6 Å². The van der Waals surface area contributed by atoms with E-state index in [4.69, 9.17) is 5.73 Å². The van der Waals surface area contributed by atoms with Crippen molar-refractivity contribution in [2.45, 2.75) is 52.1 Å². The van der Waals surface area contributed by atoms with E-state index in [1.54, 1.807) is 0 Å². The van der Waals surface area contributed by atoms with Gasteiger partial charge in [-0.1, -0.05) is 0 Å². The van der Waals surface area contributed by atoms with Crippen molar-refractivity contribution < 1.29 is 0 Å². The Labute approximate surface area is 96.9 Å². The molecule has 4 heteroatoms. The molecule has 1 fully saturated rings. The van der Waals surface area contributed by atoms with Crippen molar-refractivity contribution in [2.24, 2.45) is 0 Å². The van der Waals surface area contributed by atoms with Crippen LogP contribution in [0.2, 0.25) is 0 Å². The predicted molar refractivity (Wildman–Crippen MR) is 66.4 cm³/mol. The third-order valence-electron chi connectivity index (χ3n) is 3.30. The number of anilines is 2. The zero-order valence-corrected chi connectivity index (χ0v) is 10.3. The number of hydrogen-bond donors (Lipinski definition) is 1. The quantitative estimate of drug-likeness (QED) is 0.787. The first-order chi connectivity index (χ1) is 7.58. The summed E-state index contributed by atoms with van der Waals surface area (Å²) >= 11 is 0. The molecule has 1 aliphatic heterocycles. The minimum atomic E-state index is 0.539. The first-order valence-electron chi connectivity index (χ1n) is 5.97. The van der Waals surface area contributed by atoms with Gasteiger partial charge in [-0.15, -0.1) is 0 Å². The third-order valence-corrected chi connectivity index (χ3v) is 3.30. The van der Waals surface area contributed by atoms with Crippen LogP contribution in [-0.2, 0) is 0 Å². The molecular formula is C12H20N4. The van der Waals surface area contributed by atoms with Gasteiger partial charge >= 0.3 is 0 Å². The molecule has 0 saturated carbocycles. The molecule has 2 heterocycles. The van der Waals surface area contributed by atoms with Gasteiger partial charge in [0, 0.05) is 18.2 Å². The summed E-state index contributed by atoms with van der Waals surface area (Å²) in [4.78, 5) is 11.0. The highest BCUT2D eigenvalue weighted by Crippen LogP contribution is 2.28. The molecule has 4 nitrogen and oxygen atoms in total. The second kappa shape index (κ2) is 4.28. The Kier molecular flexibility index (Phi) is 2.99. The minimum Gasteiger partial charge on any atom is -0.384 e. The molecule has 1 aliphatic rings. The maximum atomic E-state index is 5.78. The van der Waals surface area contributed by atoms with E-state index < -0.39 is 0 Å². The molecule has 0 aliphatic carbocycles. The lowest BCUT2D eigenvalue weighted by molar-refractivity contribution is 0.411. The lowest BCUT2D eigenvalue weighted by atomic mass is 9.97. The third kappa shape index (κ3) is 2.10. The minimum absolute atomic E-state index is 0.539. The van der Waals surface area contributed by atoms with Gasteiger partial charge < -0.3 is 10.6 Å². The van der Waals surface area contributed by atoms with Crippen molar-refractivity contribution in [3.63, 3.8) is 0 Å². The Morgan fingerprint density at radius 1 is 1.25 bits per heavy atom. The van der Waals surface area contributed by atoms with Crippen molar-refractivity contribution in [3.8, 4) is 0 Å². The smallest absolute Gasteiger partial charge is 0.134 e. The number of aromatic nitrogens is 2. The van der Waals surface area contributed by atoms with Crippen molar-refractivity contribution in [1.82, 2.24) is 9.97 Å². The molecular weight excluding hydrogens is 200 g/mol. The Balaban J connectivity index is 2.33. The highest BCUT2D eigenvalue weighted by Gasteiger charge is 2.26. The molecule has 2 rings (SSSR count). The van der Waals surface area contributed by atoms with Gasteiger partial charge in [0.15, 0.2) is 0 Å². The zero-order valence-electron chi connectivity index (χ0n) is 10.3. The normalized spacial score (nSPS) is 25.8. The molecule has 2 N–H and O–H groups in total. The topological polar surface area (TPSA) is 55.0 Å². The molecule has 2 unspecified atom stereocenters. The summed E-state index contributed by atoms with van der Waals surface area (Å²) in [6.45, 7) is 6.39. The largest absolute Gasteiger partial charge is 0.384 e. The molecule has 0 amide bonds. The number of rotatable bonds is 1. The molecule has 88 valence electrons. The second-order valence-corrected chi connectivity index (χ2v) is 4.73. The molecule has 0 spiro atoms. The van der Waals surface area contributed by atoms with Crippen LogP contribution in [0.15, 0.2) is 6.07 Å². The Hall–Kier alpha value is -1.32. The molecule has 0 bridgehead atoms. The van der Waals surface area contributed by atoms with Gasteiger partial charge in [-0.05, 0) is 40.0 Å². The predicted octanol–water partition coefficient (Wildman–Crippen LogP) is 2.13. The van der Waals surface area contributed by atoms with Crippen LogP contribution >= 0.6 is 0 Å². The molecule has 0 aromatic carbocycles. The van der Waals surface area contributed by atoms with Crippen LogP contribution in [0.4, 0.5) is 11.6 Å². The lowest BCUT2D eigenvalue weighted by Crippen LogP contribution is -2.44. The monoisotopic (exact) mass is 220 g/mol. The summed E-state index contributed by atoms with van der Waals surface area (Å²) in [5, 5.41) is 0. The first-order valence-corrected chi connectivity index (χ1v) is 5.97. The lowest BCUT2D eigenvalue weighted by Gasteiger charge is -2.40. The van der Waals surface area contributed by atoms with Crippen LogP contribution < -0.4 is 10.6 Å². The van der Waals surface area contributed by atoms with Crippen molar-refractivity contribution in [2.75, 3.05) is 10.6 Å².